The van der Waals surface area contributed by atoms with Crippen LogP contribution in [-0.4, -0.2) is 41.2 Å². The Morgan fingerprint density at radius 2 is 1.95 bits per heavy atom. The predicted octanol–water partition coefficient (Wildman–Crippen LogP) is 2.82. The van der Waals surface area contributed by atoms with Crippen LogP contribution in [0.25, 0.3) is 0 Å². The minimum atomic E-state index is -0.433. The highest BCUT2D eigenvalue weighted by Crippen LogP contribution is 2.18. The van der Waals surface area contributed by atoms with Gasteiger partial charge in [-0.2, -0.15) is 0 Å². The molecule has 22 heavy (non-hydrogen) atoms. The number of carbonyl (C=O) groups is 1. The molecular formula is C17H27N3O2. The molecule has 1 aromatic rings. The van der Waals surface area contributed by atoms with Crippen LogP contribution in [0.1, 0.15) is 39.2 Å². The van der Waals surface area contributed by atoms with Crippen LogP contribution in [0, 0.1) is 5.92 Å². The molecule has 1 aliphatic rings. The third kappa shape index (κ3) is 6.02. The van der Waals surface area contributed by atoms with Gasteiger partial charge in [0, 0.05) is 25.5 Å². The molecule has 0 aliphatic carbocycles. The maximum Gasteiger partial charge on any atom is 0.407 e. The van der Waals surface area contributed by atoms with Crippen molar-refractivity contribution in [1.82, 2.24) is 15.2 Å². The summed E-state index contributed by atoms with van der Waals surface area (Å²) in [4.78, 5) is 18.2. The Morgan fingerprint density at radius 1 is 1.32 bits per heavy atom. The lowest BCUT2D eigenvalue weighted by Crippen LogP contribution is -2.40. The van der Waals surface area contributed by atoms with E-state index in [1.54, 1.807) is 0 Å². The molecule has 0 saturated carbocycles. The summed E-state index contributed by atoms with van der Waals surface area (Å²) in [5.41, 5.74) is 0.873. The average Bonchev–Trinajstić information content (AvgIpc) is 2.46. The molecule has 1 N–H and O–H groups in total. The lowest BCUT2D eigenvalue weighted by atomic mass is 9.96. The van der Waals surface area contributed by atoms with Crippen molar-refractivity contribution in [3.63, 3.8) is 0 Å². The maximum absolute atomic E-state index is 11.7. The van der Waals surface area contributed by atoms with Crippen LogP contribution < -0.4 is 5.32 Å². The summed E-state index contributed by atoms with van der Waals surface area (Å²) in [5, 5.41) is 2.89. The number of piperidine rings is 1. The van der Waals surface area contributed by atoms with E-state index >= 15 is 0 Å². The maximum atomic E-state index is 11.7. The minimum absolute atomic E-state index is 0.313. The summed E-state index contributed by atoms with van der Waals surface area (Å²) in [6, 6.07) is 4.13. The van der Waals surface area contributed by atoms with E-state index in [0.717, 1.165) is 32.5 Å². The third-order valence-electron chi connectivity index (χ3n) is 3.80. The van der Waals surface area contributed by atoms with E-state index in [9.17, 15) is 4.79 Å². The van der Waals surface area contributed by atoms with Gasteiger partial charge >= 0.3 is 6.09 Å². The van der Waals surface area contributed by atoms with Gasteiger partial charge in [-0.1, -0.05) is 0 Å². The second kappa shape index (κ2) is 7.58. The van der Waals surface area contributed by atoms with Crippen molar-refractivity contribution in [3.05, 3.63) is 30.1 Å². The van der Waals surface area contributed by atoms with Crippen LogP contribution in [0.3, 0.4) is 0 Å². The van der Waals surface area contributed by atoms with Crippen LogP contribution in [-0.2, 0) is 11.3 Å². The van der Waals surface area contributed by atoms with E-state index < -0.39 is 5.60 Å². The molecule has 1 saturated heterocycles. The number of rotatable bonds is 4. The largest absolute Gasteiger partial charge is 0.444 e. The van der Waals surface area contributed by atoms with Crippen LogP contribution in [0.15, 0.2) is 24.5 Å². The van der Waals surface area contributed by atoms with Crippen LogP contribution in [0.4, 0.5) is 4.79 Å². The molecule has 5 heteroatoms. The van der Waals surface area contributed by atoms with Crippen molar-refractivity contribution in [1.29, 1.82) is 0 Å². The fourth-order valence-corrected chi connectivity index (χ4v) is 2.64. The zero-order chi connectivity index (χ0) is 16.0. The number of pyridine rings is 1. The number of hydrogen-bond donors (Lipinski definition) is 1. The van der Waals surface area contributed by atoms with Crippen molar-refractivity contribution in [2.75, 3.05) is 19.6 Å². The van der Waals surface area contributed by atoms with Gasteiger partial charge in [-0.05, 0) is 70.3 Å². The highest BCUT2D eigenvalue weighted by molar-refractivity contribution is 5.67. The second-order valence-electron chi connectivity index (χ2n) is 6.96. The van der Waals surface area contributed by atoms with Crippen molar-refractivity contribution < 1.29 is 9.53 Å². The summed E-state index contributed by atoms with van der Waals surface area (Å²) >= 11 is 0. The first-order chi connectivity index (χ1) is 10.4. The number of alkyl carbamates (subject to hydrolysis) is 1. The Kier molecular flexibility index (Phi) is 5.77. The molecule has 2 heterocycles. The third-order valence-corrected chi connectivity index (χ3v) is 3.80. The second-order valence-corrected chi connectivity index (χ2v) is 6.96. The summed E-state index contributed by atoms with van der Waals surface area (Å²) in [5.74, 6) is 0.543. The van der Waals surface area contributed by atoms with E-state index in [2.05, 4.69) is 27.3 Å². The van der Waals surface area contributed by atoms with E-state index in [4.69, 9.17) is 4.74 Å². The molecule has 2 rings (SSSR count). The Morgan fingerprint density at radius 3 is 2.55 bits per heavy atom. The van der Waals surface area contributed by atoms with Crippen molar-refractivity contribution >= 4 is 6.09 Å². The molecule has 122 valence electrons. The van der Waals surface area contributed by atoms with Crippen molar-refractivity contribution in [2.24, 2.45) is 5.92 Å². The molecule has 1 amide bonds. The summed E-state index contributed by atoms with van der Waals surface area (Å²) < 4.78 is 5.26. The van der Waals surface area contributed by atoms with E-state index in [0.29, 0.717) is 12.5 Å². The molecule has 0 radical (unpaired) electrons. The normalized spacial score (nSPS) is 17.2. The number of carbonyl (C=O) groups excluding carboxylic acids is 1. The first kappa shape index (κ1) is 16.7. The Labute approximate surface area is 133 Å². The lowest BCUT2D eigenvalue weighted by Gasteiger charge is -2.32. The molecule has 1 fully saturated rings. The van der Waals surface area contributed by atoms with Gasteiger partial charge in [0.25, 0.3) is 0 Å². The highest BCUT2D eigenvalue weighted by Gasteiger charge is 2.21. The zero-order valence-electron chi connectivity index (χ0n) is 13.8. The van der Waals surface area contributed by atoms with Gasteiger partial charge in [0.2, 0.25) is 0 Å². The van der Waals surface area contributed by atoms with Gasteiger partial charge in [0.15, 0.2) is 0 Å². The summed E-state index contributed by atoms with van der Waals surface area (Å²) in [6.45, 7) is 9.47. The first-order valence-corrected chi connectivity index (χ1v) is 8.00. The predicted molar refractivity (Wildman–Crippen MR) is 86.5 cm³/mol. The molecule has 0 bridgehead atoms. The average molecular weight is 305 g/mol. The van der Waals surface area contributed by atoms with Gasteiger partial charge in [-0.15, -0.1) is 0 Å². The van der Waals surface area contributed by atoms with Crippen LogP contribution >= 0.6 is 0 Å². The Bertz CT molecular complexity index is 463. The Hall–Kier alpha value is -1.62. The molecule has 0 spiro atoms. The van der Waals surface area contributed by atoms with Crippen LogP contribution in [0.2, 0.25) is 0 Å². The number of likely N-dealkylation sites (tertiary alicyclic amines) is 1. The van der Waals surface area contributed by atoms with Gasteiger partial charge in [-0.3, -0.25) is 9.88 Å². The number of amides is 1. The summed E-state index contributed by atoms with van der Waals surface area (Å²) in [7, 11) is 0. The standard InChI is InChI=1S/C17H27N3O2/c1-17(2,3)22-16(21)19-12-14-6-10-20(11-7-14)13-15-4-8-18-9-5-15/h4-5,8-9,14H,6-7,10-13H2,1-3H3,(H,19,21). The van der Waals surface area contributed by atoms with Gasteiger partial charge in [0.1, 0.15) is 5.60 Å². The SMILES string of the molecule is CC(C)(C)OC(=O)NCC1CCN(Cc2ccncc2)CC1. The fraction of sp³-hybridized carbons (Fsp3) is 0.647. The Balaban J connectivity index is 1.66. The van der Waals surface area contributed by atoms with E-state index in [1.807, 2.05) is 33.2 Å². The van der Waals surface area contributed by atoms with Crippen molar-refractivity contribution in [2.45, 2.75) is 45.8 Å². The zero-order valence-corrected chi connectivity index (χ0v) is 13.8. The smallest absolute Gasteiger partial charge is 0.407 e. The number of nitrogens with one attached hydrogen (secondary N) is 1. The number of nitrogens with zero attached hydrogens (tertiary/aromatic N) is 2. The monoisotopic (exact) mass is 305 g/mol. The molecule has 1 aliphatic heterocycles. The molecule has 0 atom stereocenters. The lowest BCUT2D eigenvalue weighted by molar-refractivity contribution is 0.0509. The van der Waals surface area contributed by atoms with E-state index in [1.165, 1.54) is 5.56 Å². The summed E-state index contributed by atoms with van der Waals surface area (Å²) in [6.07, 6.45) is 5.59. The van der Waals surface area contributed by atoms with Crippen LogP contribution in [0.5, 0.6) is 0 Å². The van der Waals surface area contributed by atoms with Gasteiger partial charge in [-0.25, -0.2) is 4.79 Å². The highest BCUT2D eigenvalue weighted by atomic mass is 16.6. The number of ether oxygens (including phenoxy) is 1. The minimum Gasteiger partial charge on any atom is -0.444 e. The van der Waals surface area contributed by atoms with Crippen molar-refractivity contribution in [3.8, 4) is 0 Å². The molecule has 0 aromatic carbocycles. The molecule has 5 nitrogen and oxygen atoms in total. The number of hydrogen-bond acceptors (Lipinski definition) is 4. The quantitative estimate of drug-likeness (QED) is 0.929. The van der Waals surface area contributed by atoms with Gasteiger partial charge < -0.3 is 10.1 Å². The molecule has 1 aromatic heterocycles. The topological polar surface area (TPSA) is 54.5 Å². The first-order valence-electron chi connectivity index (χ1n) is 8.00. The number of aromatic nitrogens is 1. The van der Waals surface area contributed by atoms with E-state index in [-0.39, 0.29) is 6.09 Å². The molecular weight excluding hydrogens is 278 g/mol. The fourth-order valence-electron chi connectivity index (χ4n) is 2.64. The molecule has 0 unspecified atom stereocenters. The van der Waals surface area contributed by atoms with Gasteiger partial charge in [0.05, 0.1) is 0 Å².